The van der Waals surface area contributed by atoms with Gasteiger partial charge < -0.3 is 19.7 Å². The van der Waals surface area contributed by atoms with Crippen LogP contribution in [-0.4, -0.2) is 42.4 Å². The van der Waals surface area contributed by atoms with Gasteiger partial charge in [-0.15, -0.1) is 0 Å². The standard InChI is InChI=1S/C7H14O4/c1-10-6-3-2-5(4-8)11-7(6)9/h5-9H,2-4H2,1H3/t5-,6+,7-/m0/s1. The zero-order valence-electron chi connectivity index (χ0n) is 6.56. The molecule has 0 bridgehead atoms. The Morgan fingerprint density at radius 1 is 1.55 bits per heavy atom. The molecular formula is C7H14O4. The fourth-order valence-corrected chi connectivity index (χ4v) is 1.21. The lowest BCUT2D eigenvalue weighted by Crippen LogP contribution is -2.41. The van der Waals surface area contributed by atoms with Crippen molar-refractivity contribution >= 4 is 0 Å². The van der Waals surface area contributed by atoms with E-state index in [2.05, 4.69) is 0 Å². The minimum atomic E-state index is -0.883. The second kappa shape index (κ2) is 4.01. The Morgan fingerprint density at radius 2 is 2.27 bits per heavy atom. The van der Waals surface area contributed by atoms with Crippen molar-refractivity contribution in [3.63, 3.8) is 0 Å². The maximum Gasteiger partial charge on any atom is 0.181 e. The minimum Gasteiger partial charge on any atom is -0.394 e. The molecule has 0 aromatic heterocycles. The molecule has 0 spiro atoms. The van der Waals surface area contributed by atoms with E-state index in [1.54, 1.807) is 0 Å². The second-order valence-corrected chi connectivity index (χ2v) is 2.68. The number of hydrogen-bond acceptors (Lipinski definition) is 4. The molecule has 0 aromatic rings. The fourth-order valence-electron chi connectivity index (χ4n) is 1.21. The summed E-state index contributed by atoms with van der Waals surface area (Å²) in [5.41, 5.74) is 0. The minimum absolute atomic E-state index is 0.0342. The van der Waals surface area contributed by atoms with Gasteiger partial charge in [-0.3, -0.25) is 0 Å². The summed E-state index contributed by atoms with van der Waals surface area (Å²) in [6.45, 7) is -0.0342. The molecule has 0 aromatic carbocycles. The summed E-state index contributed by atoms with van der Waals surface area (Å²) >= 11 is 0. The molecule has 4 nitrogen and oxygen atoms in total. The second-order valence-electron chi connectivity index (χ2n) is 2.68. The molecule has 66 valence electrons. The van der Waals surface area contributed by atoms with Crippen LogP contribution in [0.1, 0.15) is 12.8 Å². The molecule has 11 heavy (non-hydrogen) atoms. The molecule has 1 aliphatic heterocycles. The first-order valence-electron chi connectivity index (χ1n) is 3.75. The van der Waals surface area contributed by atoms with E-state index < -0.39 is 6.29 Å². The lowest BCUT2D eigenvalue weighted by Gasteiger charge is -2.31. The third kappa shape index (κ3) is 2.13. The van der Waals surface area contributed by atoms with E-state index in [0.29, 0.717) is 0 Å². The fraction of sp³-hybridized carbons (Fsp3) is 1.00. The summed E-state index contributed by atoms with van der Waals surface area (Å²) in [6, 6.07) is 0. The molecule has 0 radical (unpaired) electrons. The van der Waals surface area contributed by atoms with Crippen LogP contribution in [0.3, 0.4) is 0 Å². The third-order valence-corrected chi connectivity index (χ3v) is 1.93. The zero-order chi connectivity index (χ0) is 8.27. The van der Waals surface area contributed by atoms with E-state index >= 15 is 0 Å². The van der Waals surface area contributed by atoms with Crippen molar-refractivity contribution < 1.29 is 19.7 Å². The van der Waals surface area contributed by atoms with Gasteiger partial charge in [0.2, 0.25) is 0 Å². The Hall–Kier alpha value is -0.160. The molecule has 0 amide bonds. The number of ether oxygens (including phenoxy) is 2. The van der Waals surface area contributed by atoms with Crippen LogP contribution < -0.4 is 0 Å². The van der Waals surface area contributed by atoms with Gasteiger partial charge in [-0.05, 0) is 12.8 Å². The van der Waals surface area contributed by atoms with Crippen LogP contribution in [0.5, 0.6) is 0 Å². The lowest BCUT2D eigenvalue weighted by molar-refractivity contribution is -0.228. The average molecular weight is 162 g/mol. The van der Waals surface area contributed by atoms with Crippen LogP contribution in [0.25, 0.3) is 0 Å². The lowest BCUT2D eigenvalue weighted by atomic mass is 10.1. The van der Waals surface area contributed by atoms with E-state index in [-0.39, 0.29) is 18.8 Å². The quantitative estimate of drug-likeness (QED) is 0.574. The maximum atomic E-state index is 9.21. The van der Waals surface area contributed by atoms with Crippen LogP contribution in [0.15, 0.2) is 0 Å². The monoisotopic (exact) mass is 162 g/mol. The first kappa shape index (κ1) is 8.93. The highest BCUT2D eigenvalue weighted by Crippen LogP contribution is 2.19. The molecule has 3 atom stereocenters. The molecule has 1 heterocycles. The SMILES string of the molecule is CO[C@@H]1CC[C@@H](CO)O[C@@H]1O. The Kier molecular flexibility index (Phi) is 3.26. The van der Waals surface area contributed by atoms with Crippen molar-refractivity contribution in [3.05, 3.63) is 0 Å². The predicted molar refractivity (Wildman–Crippen MR) is 38.0 cm³/mol. The van der Waals surface area contributed by atoms with Crippen LogP contribution in [-0.2, 0) is 9.47 Å². The van der Waals surface area contributed by atoms with E-state index in [0.717, 1.165) is 12.8 Å². The topological polar surface area (TPSA) is 58.9 Å². The smallest absolute Gasteiger partial charge is 0.181 e. The third-order valence-electron chi connectivity index (χ3n) is 1.93. The molecule has 0 saturated carbocycles. The highest BCUT2D eigenvalue weighted by molar-refractivity contribution is 4.72. The molecule has 1 rings (SSSR count). The number of rotatable bonds is 2. The van der Waals surface area contributed by atoms with Crippen LogP contribution in [0.2, 0.25) is 0 Å². The summed E-state index contributed by atoms with van der Waals surface area (Å²) in [5, 5.41) is 17.9. The van der Waals surface area contributed by atoms with Crippen molar-refractivity contribution in [2.75, 3.05) is 13.7 Å². The highest BCUT2D eigenvalue weighted by Gasteiger charge is 2.28. The maximum absolute atomic E-state index is 9.21. The zero-order valence-corrected chi connectivity index (χ0v) is 6.56. The summed E-state index contributed by atoms with van der Waals surface area (Å²) in [7, 11) is 1.54. The van der Waals surface area contributed by atoms with Crippen molar-refractivity contribution in [1.82, 2.24) is 0 Å². The first-order valence-corrected chi connectivity index (χ1v) is 3.75. The molecule has 1 saturated heterocycles. The van der Waals surface area contributed by atoms with Gasteiger partial charge in [0.15, 0.2) is 6.29 Å². The Labute approximate surface area is 65.7 Å². The van der Waals surface area contributed by atoms with Gasteiger partial charge in [0.1, 0.15) is 6.10 Å². The Bertz CT molecular complexity index is 117. The largest absolute Gasteiger partial charge is 0.394 e. The van der Waals surface area contributed by atoms with Gasteiger partial charge >= 0.3 is 0 Å². The van der Waals surface area contributed by atoms with Crippen LogP contribution in [0.4, 0.5) is 0 Å². The number of aliphatic hydroxyl groups excluding tert-OH is 2. The van der Waals surface area contributed by atoms with Crippen LogP contribution in [0, 0.1) is 0 Å². The summed E-state index contributed by atoms with van der Waals surface area (Å²) in [4.78, 5) is 0. The van der Waals surface area contributed by atoms with Gasteiger partial charge in [0, 0.05) is 7.11 Å². The van der Waals surface area contributed by atoms with Gasteiger partial charge in [-0.1, -0.05) is 0 Å². The molecule has 2 N–H and O–H groups in total. The van der Waals surface area contributed by atoms with E-state index in [4.69, 9.17) is 14.6 Å². The van der Waals surface area contributed by atoms with Gasteiger partial charge in [-0.25, -0.2) is 0 Å². The van der Waals surface area contributed by atoms with E-state index in [9.17, 15) is 5.11 Å². The first-order chi connectivity index (χ1) is 5.27. The van der Waals surface area contributed by atoms with Crippen molar-refractivity contribution in [1.29, 1.82) is 0 Å². The highest BCUT2D eigenvalue weighted by atomic mass is 16.6. The van der Waals surface area contributed by atoms with Crippen molar-refractivity contribution in [2.45, 2.75) is 31.3 Å². The number of hydrogen-bond donors (Lipinski definition) is 2. The van der Waals surface area contributed by atoms with E-state index in [1.807, 2.05) is 0 Å². The number of methoxy groups -OCH3 is 1. The Morgan fingerprint density at radius 3 is 2.73 bits per heavy atom. The van der Waals surface area contributed by atoms with Crippen molar-refractivity contribution in [3.8, 4) is 0 Å². The average Bonchev–Trinajstić information content (AvgIpc) is 2.04. The summed E-state index contributed by atoms with van der Waals surface area (Å²) in [6.07, 6.45) is 0.134. The van der Waals surface area contributed by atoms with Crippen LogP contribution >= 0.6 is 0 Å². The molecule has 0 unspecified atom stereocenters. The molecule has 1 fully saturated rings. The molecule has 1 aliphatic rings. The van der Waals surface area contributed by atoms with E-state index in [1.165, 1.54) is 7.11 Å². The predicted octanol–water partition coefficient (Wildman–Crippen LogP) is -0.509. The summed E-state index contributed by atoms with van der Waals surface area (Å²) in [5.74, 6) is 0. The van der Waals surface area contributed by atoms with Gasteiger partial charge in [-0.2, -0.15) is 0 Å². The van der Waals surface area contributed by atoms with Crippen molar-refractivity contribution in [2.24, 2.45) is 0 Å². The summed E-state index contributed by atoms with van der Waals surface area (Å²) < 4.78 is 9.96. The Balaban J connectivity index is 2.34. The molecular weight excluding hydrogens is 148 g/mol. The molecule has 4 heteroatoms. The van der Waals surface area contributed by atoms with Gasteiger partial charge in [0.25, 0.3) is 0 Å². The molecule has 0 aliphatic carbocycles. The van der Waals surface area contributed by atoms with Gasteiger partial charge in [0.05, 0.1) is 12.7 Å². The number of aliphatic hydroxyl groups is 2. The normalized spacial score (nSPS) is 39.0.